The van der Waals surface area contributed by atoms with Crippen molar-refractivity contribution in [2.24, 2.45) is 0 Å². The quantitative estimate of drug-likeness (QED) is 0.854. The molecular formula is C18H24N4O3. The number of carbonyl (C=O) groups is 1. The highest BCUT2D eigenvalue weighted by Crippen LogP contribution is 2.21. The van der Waals surface area contributed by atoms with Gasteiger partial charge in [0.2, 0.25) is 5.89 Å². The van der Waals surface area contributed by atoms with Crippen molar-refractivity contribution in [1.82, 2.24) is 20.4 Å². The van der Waals surface area contributed by atoms with Crippen LogP contribution < -0.4 is 5.32 Å². The third-order valence-electron chi connectivity index (χ3n) is 4.61. The minimum atomic E-state index is -1.20. The number of benzene rings is 1. The molecule has 1 fully saturated rings. The van der Waals surface area contributed by atoms with Crippen molar-refractivity contribution in [3.05, 3.63) is 46.2 Å². The molecule has 1 aromatic heterocycles. The van der Waals surface area contributed by atoms with Gasteiger partial charge < -0.3 is 14.8 Å². The average molecular weight is 344 g/mol. The SMILES string of the molecule is Cc1cc(Cc2nnc(C(=O)O)o2)c(C)c(CN2CCN[C@@H](C)C2)c1. The van der Waals surface area contributed by atoms with E-state index in [1.807, 2.05) is 0 Å². The van der Waals surface area contributed by atoms with Crippen LogP contribution in [0.4, 0.5) is 0 Å². The Morgan fingerprint density at radius 2 is 2.12 bits per heavy atom. The molecule has 1 aliphatic heterocycles. The summed E-state index contributed by atoms with van der Waals surface area (Å²) in [6.45, 7) is 10.4. The van der Waals surface area contributed by atoms with E-state index in [-0.39, 0.29) is 5.89 Å². The van der Waals surface area contributed by atoms with Crippen LogP contribution in [0.2, 0.25) is 0 Å². The van der Waals surface area contributed by atoms with Crippen molar-refractivity contribution in [2.75, 3.05) is 19.6 Å². The summed E-state index contributed by atoms with van der Waals surface area (Å²) in [7, 11) is 0. The van der Waals surface area contributed by atoms with Gasteiger partial charge in [0.25, 0.3) is 0 Å². The first-order valence-electron chi connectivity index (χ1n) is 8.53. The van der Waals surface area contributed by atoms with Gasteiger partial charge in [-0.1, -0.05) is 17.7 Å². The summed E-state index contributed by atoms with van der Waals surface area (Å²) >= 11 is 0. The monoisotopic (exact) mass is 344 g/mol. The number of carboxylic acid groups (broad SMARTS) is 1. The first-order valence-corrected chi connectivity index (χ1v) is 8.53. The van der Waals surface area contributed by atoms with E-state index in [0.29, 0.717) is 18.4 Å². The van der Waals surface area contributed by atoms with Crippen LogP contribution in [0.15, 0.2) is 16.5 Å². The average Bonchev–Trinajstić information content (AvgIpc) is 3.01. The number of hydrogen-bond acceptors (Lipinski definition) is 6. The van der Waals surface area contributed by atoms with E-state index in [2.05, 4.69) is 53.3 Å². The molecule has 2 heterocycles. The fraction of sp³-hybridized carbons (Fsp3) is 0.500. The Kier molecular flexibility index (Phi) is 5.15. The highest BCUT2D eigenvalue weighted by molar-refractivity contribution is 5.81. The molecular weight excluding hydrogens is 320 g/mol. The molecule has 1 saturated heterocycles. The predicted octanol–water partition coefficient (Wildman–Crippen LogP) is 1.77. The molecule has 2 aromatic rings. The minimum absolute atomic E-state index is 0.327. The van der Waals surface area contributed by atoms with Crippen molar-refractivity contribution < 1.29 is 14.3 Å². The molecule has 0 aliphatic carbocycles. The Balaban J connectivity index is 1.80. The van der Waals surface area contributed by atoms with Crippen molar-refractivity contribution in [3.63, 3.8) is 0 Å². The molecule has 1 aromatic carbocycles. The van der Waals surface area contributed by atoms with Crippen LogP contribution in [0, 0.1) is 13.8 Å². The molecule has 0 unspecified atom stereocenters. The number of rotatable bonds is 5. The molecule has 1 atom stereocenters. The number of aromatic carboxylic acids is 1. The van der Waals surface area contributed by atoms with Gasteiger partial charge in [0.05, 0.1) is 6.42 Å². The highest BCUT2D eigenvalue weighted by Gasteiger charge is 2.18. The number of carboxylic acids is 1. The van der Waals surface area contributed by atoms with E-state index in [1.54, 1.807) is 0 Å². The van der Waals surface area contributed by atoms with Gasteiger partial charge in [-0.3, -0.25) is 4.90 Å². The zero-order chi connectivity index (χ0) is 18.0. The van der Waals surface area contributed by atoms with Gasteiger partial charge >= 0.3 is 11.9 Å². The molecule has 3 rings (SSSR count). The second-order valence-corrected chi connectivity index (χ2v) is 6.78. The second-order valence-electron chi connectivity index (χ2n) is 6.78. The Bertz CT molecular complexity index is 772. The number of aromatic nitrogens is 2. The molecule has 0 radical (unpaired) electrons. The van der Waals surface area contributed by atoms with Crippen molar-refractivity contribution in [3.8, 4) is 0 Å². The third kappa shape index (κ3) is 4.24. The summed E-state index contributed by atoms with van der Waals surface area (Å²) in [5.41, 5.74) is 4.77. The maximum atomic E-state index is 10.9. The summed E-state index contributed by atoms with van der Waals surface area (Å²) in [5, 5.41) is 19.8. The molecule has 134 valence electrons. The Labute approximate surface area is 147 Å². The van der Waals surface area contributed by atoms with Gasteiger partial charge in [0.1, 0.15) is 0 Å². The zero-order valence-electron chi connectivity index (χ0n) is 14.9. The summed E-state index contributed by atoms with van der Waals surface area (Å²) < 4.78 is 5.21. The summed E-state index contributed by atoms with van der Waals surface area (Å²) in [5.74, 6) is -1.24. The van der Waals surface area contributed by atoms with Gasteiger partial charge in [-0.15, -0.1) is 10.2 Å². The molecule has 1 aliphatic rings. The molecule has 0 bridgehead atoms. The first-order chi connectivity index (χ1) is 11.9. The van der Waals surface area contributed by atoms with E-state index >= 15 is 0 Å². The molecule has 0 spiro atoms. The van der Waals surface area contributed by atoms with Crippen molar-refractivity contribution >= 4 is 5.97 Å². The lowest BCUT2D eigenvalue weighted by Gasteiger charge is -2.32. The molecule has 2 N–H and O–H groups in total. The lowest BCUT2D eigenvalue weighted by molar-refractivity contribution is 0.0651. The Hall–Kier alpha value is -2.25. The largest absolute Gasteiger partial charge is 0.474 e. The van der Waals surface area contributed by atoms with Crippen LogP contribution in [-0.4, -0.2) is 51.8 Å². The number of nitrogens with one attached hydrogen (secondary N) is 1. The fourth-order valence-corrected chi connectivity index (χ4v) is 3.33. The summed E-state index contributed by atoms with van der Waals surface area (Å²) in [6, 6.07) is 4.83. The van der Waals surface area contributed by atoms with Crippen molar-refractivity contribution in [1.29, 1.82) is 0 Å². The molecule has 7 nitrogen and oxygen atoms in total. The van der Waals surface area contributed by atoms with E-state index in [0.717, 1.165) is 31.7 Å². The van der Waals surface area contributed by atoms with Gasteiger partial charge in [-0.25, -0.2) is 4.79 Å². The molecule has 7 heteroatoms. The van der Waals surface area contributed by atoms with Gasteiger partial charge in [-0.05, 0) is 37.5 Å². The van der Waals surface area contributed by atoms with E-state index in [9.17, 15) is 4.79 Å². The molecule has 0 saturated carbocycles. The normalized spacial score (nSPS) is 18.4. The van der Waals surface area contributed by atoms with Crippen molar-refractivity contribution in [2.45, 2.75) is 39.8 Å². The predicted molar refractivity (Wildman–Crippen MR) is 92.7 cm³/mol. The first kappa shape index (κ1) is 17.6. The highest BCUT2D eigenvalue weighted by atomic mass is 16.4. The number of nitrogens with zero attached hydrogens (tertiary/aromatic N) is 3. The van der Waals surface area contributed by atoms with Crippen LogP contribution in [0.5, 0.6) is 0 Å². The fourth-order valence-electron chi connectivity index (χ4n) is 3.33. The summed E-state index contributed by atoms with van der Waals surface area (Å²) in [4.78, 5) is 13.3. The standard InChI is InChI=1S/C18H24N4O3/c1-11-6-14(8-16-20-21-17(25-16)18(23)24)13(3)15(7-11)10-22-5-4-19-12(2)9-22/h6-7,12,19H,4-5,8-10H2,1-3H3,(H,23,24)/t12-/m0/s1. The zero-order valence-corrected chi connectivity index (χ0v) is 14.9. The van der Waals surface area contributed by atoms with Crippen LogP contribution in [-0.2, 0) is 13.0 Å². The minimum Gasteiger partial charge on any atom is -0.474 e. The number of piperazine rings is 1. The molecule has 25 heavy (non-hydrogen) atoms. The van der Waals surface area contributed by atoms with E-state index < -0.39 is 5.97 Å². The van der Waals surface area contributed by atoms with Gasteiger partial charge in [0.15, 0.2) is 0 Å². The topological polar surface area (TPSA) is 91.5 Å². The number of hydrogen-bond donors (Lipinski definition) is 2. The van der Waals surface area contributed by atoms with E-state index in [4.69, 9.17) is 9.52 Å². The second kappa shape index (κ2) is 7.33. The maximum Gasteiger partial charge on any atom is 0.393 e. The number of aryl methyl sites for hydroxylation is 1. The summed E-state index contributed by atoms with van der Waals surface area (Å²) in [6.07, 6.45) is 0.443. The lowest BCUT2D eigenvalue weighted by Crippen LogP contribution is -2.48. The van der Waals surface area contributed by atoms with Crippen LogP contribution in [0.3, 0.4) is 0 Å². The van der Waals surface area contributed by atoms with Crippen LogP contribution in [0.25, 0.3) is 0 Å². The van der Waals surface area contributed by atoms with Crippen LogP contribution in [0.1, 0.15) is 45.8 Å². The van der Waals surface area contributed by atoms with E-state index in [1.165, 1.54) is 16.7 Å². The molecule has 0 amide bonds. The lowest BCUT2D eigenvalue weighted by atomic mass is 9.96. The van der Waals surface area contributed by atoms with Gasteiger partial charge in [0, 0.05) is 32.2 Å². The van der Waals surface area contributed by atoms with Crippen LogP contribution >= 0.6 is 0 Å². The maximum absolute atomic E-state index is 10.9. The third-order valence-corrected chi connectivity index (χ3v) is 4.61. The van der Waals surface area contributed by atoms with Gasteiger partial charge in [-0.2, -0.15) is 0 Å². The Morgan fingerprint density at radius 3 is 2.80 bits per heavy atom. The smallest absolute Gasteiger partial charge is 0.393 e. The Morgan fingerprint density at radius 1 is 1.36 bits per heavy atom.